The second-order valence-electron chi connectivity index (χ2n) is 6.68. The molecule has 0 unspecified atom stereocenters. The van der Waals surface area contributed by atoms with E-state index >= 15 is 0 Å². The highest BCUT2D eigenvalue weighted by Gasteiger charge is 2.22. The van der Waals surface area contributed by atoms with Crippen LogP contribution < -0.4 is 15.5 Å². The van der Waals surface area contributed by atoms with Crippen LogP contribution in [0.25, 0.3) is 0 Å². The maximum atomic E-state index is 12.8. The molecule has 1 aromatic heterocycles. The summed E-state index contributed by atoms with van der Waals surface area (Å²) in [6.45, 7) is 8.88. The number of nitrogens with one attached hydrogen (secondary N) is 3. The molecule has 0 spiro atoms. The summed E-state index contributed by atoms with van der Waals surface area (Å²) in [7, 11) is 0. The van der Waals surface area contributed by atoms with Crippen molar-refractivity contribution in [2.75, 3.05) is 44.7 Å². The molecule has 144 valence electrons. The quantitative estimate of drug-likeness (QED) is 0.698. The number of carbonyl (C=O) groups excluding carboxylic acids is 2. The Morgan fingerprint density at radius 1 is 1.11 bits per heavy atom. The van der Waals surface area contributed by atoms with E-state index in [0.717, 1.165) is 43.3 Å². The second-order valence-corrected chi connectivity index (χ2v) is 7.90. The average molecular weight is 389 g/mol. The van der Waals surface area contributed by atoms with Crippen LogP contribution in [-0.4, -0.2) is 51.2 Å². The number of quaternary nitrogens is 1. The zero-order valence-corrected chi connectivity index (χ0v) is 16.6. The highest BCUT2D eigenvalue weighted by molar-refractivity contribution is 7.16. The molecule has 1 saturated heterocycles. The van der Waals surface area contributed by atoms with Crippen LogP contribution in [0.1, 0.15) is 31.2 Å². The Morgan fingerprint density at radius 2 is 1.81 bits per heavy atom. The van der Waals surface area contributed by atoms with E-state index in [-0.39, 0.29) is 11.8 Å². The Hall–Kier alpha value is -2.22. The lowest BCUT2D eigenvalue weighted by Gasteiger charge is -2.23. The molecular formula is C20H26N3O3S+. The van der Waals surface area contributed by atoms with Crippen molar-refractivity contribution >= 4 is 28.2 Å². The van der Waals surface area contributed by atoms with Crippen LogP contribution in [0.2, 0.25) is 0 Å². The third kappa shape index (κ3) is 4.94. The van der Waals surface area contributed by atoms with E-state index in [1.54, 1.807) is 12.1 Å². The van der Waals surface area contributed by atoms with E-state index in [4.69, 9.17) is 4.74 Å². The molecular weight excluding hydrogens is 362 g/mol. The highest BCUT2D eigenvalue weighted by Crippen LogP contribution is 2.32. The van der Waals surface area contributed by atoms with Crippen molar-refractivity contribution in [2.45, 2.75) is 13.8 Å². The Bertz CT molecular complexity index is 798. The maximum Gasteiger partial charge on any atom is 0.256 e. The van der Waals surface area contributed by atoms with Gasteiger partial charge in [0.05, 0.1) is 31.9 Å². The number of rotatable bonds is 6. The Balaban J connectivity index is 1.65. The lowest BCUT2D eigenvalue weighted by Crippen LogP contribution is -3.14. The molecule has 0 aliphatic carbocycles. The Labute approximate surface area is 163 Å². The Morgan fingerprint density at radius 3 is 2.52 bits per heavy atom. The van der Waals surface area contributed by atoms with Gasteiger partial charge in [0.2, 0.25) is 0 Å². The van der Waals surface area contributed by atoms with Crippen LogP contribution in [0.4, 0.5) is 5.00 Å². The van der Waals surface area contributed by atoms with Crippen LogP contribution in [0, 0.1) is 13.8 Å². The van der Waals surface area contributed by atoms with Gasteiger partial charge < -0.3 is 20.3 Å². The number of carbonyl (C=O) groups is 2. The van der Waals surface area contributed by atoms with Gasteiger partial charge in [-0.3, -0.25) is 9.59 Å². The van der Waals surface area contributed by atoms with Gasteiger partial charge in [0, 0.05) is 10.4 Å². The van der Waals surface area contributed by atoms with Gasteiger partial charge in [-0.2, -0.15) is 0 Å². The number of amides is 2. The number of aryl methyl sites for hydroxylation is 1. The maximum absolute atomic E-state index is 12.8. The van der Waals surface area contributed by atoms with E-state index in [1.165, 1.54) is 16.2 Å². The van der Waals surface area contributed by atoms with Gasteiger partial charge in [-0.05, 0) is 31.5 Å². The lowest BCUT2D eigenvalue weighted by atomic mass is 10.1. The minimum atomic E-state index is -0.205. The molecule has 7 heteroatoms. The van der Waals surface area contributed by atoms with Gasteiger partial charge in [0.15, 0.2) is 0 Å². The van der Waals surface area contributed by atoms with Gasteiger partial charge in [0.25, 0.3) is 11.8 Å². The van der Waals surface area contributed by atoms with Crippen molar-refractivity contribution in [1.29, 1.82) is 0 Å². The first-order chi connectivity index (χ1) is 13.1. The van der Waals surface area contributed by atoms with Gasteiger partial charge in [0.1, 0.15) is 18.1 Å². The number of anilines is 1. The standard InChI is InChI=1S/C20H25N3O3S/c1-14-15(2)27-20(22-18(24)16-6-4-3-5-7-16)17(14)19(25)21-8-9-23-10-12-26-13-11-23/h3-7H,8-13H2,1-2H3,(H,21,25)(H,22,24)/p+1. The molecule has 0 bridgehead atoms. The first kappa shape index (κ1) is 19.5. The summed E-state index contributed by atoms with van der Waals surface area (Å²) in [5.41, 5.74) is 2.06. The minimum absolute atomic E-state index is 0.132. The van der Waals surface area contributed by atoms with Crippen molar-refractivity contribution in [3.63, 3.8) is 0 Å². The smallest absolute Gasteiger partial charge is 0.256 e. The molecule has 6 nitrogen and oxygen atoms in total. The molecule has 2 heterocycles. The average Bonchev–Trinajstić information content (AvgIpc) is 2.96. The zero-order valence-electron chi connectivity index (χ0n) is 15.8. The molecule has 2 aromatic rings. The lowest BCUT2D eigenvalue weighted by molar-refractivity contribution is -0.906. The van der Waals surface area contributed by atoms with Crippen molar-refractivity contribution in [3.8, 4) is 0 Å². The minimum Gasteiger partial charge on any atom is -0.370 e. The van der Waals surface area contributed by atoms with Crippen LogP contribution in [0.15, 0.2) is 30.3 Å². The molecule has 1 aliphatic rings. The normalized spacial score (nSPS) is 14.7. The SMILES string of the molecule is Cc1sc(NC(=O)c2ccccc2)c(C(=O)NCC[NH+]2CCOCC2)c1C. The molecule has 0 saturated carbocycles. The number of benzene rings is 1. The number of ether oxygens (including phenoxy) is 1. The molecule has 1 fully saturated rings. The summed E-state index contributed by atoms with van der Waals surface area (Å²) in [6.07, 6.45) is 0. The third-order valence-electron chi connectivity index (χ3n) is 4.84. The summed E-state index contributed by atoms with van der Waals surface area (Å²) in [5, 5.41) is 6.52. The number of hydrogen-bond donors (Lipinski definition) is 3. The van der Waals surface area contributed by atoms with E-state index in [1.807, 2.05) is 32.0 Å². The molecule has 27 heavy (non-hydrogen) atoms. The Kier molecular flexibility index (Phi) is 6.60. The first-order valence-electron chi connectivity index (χ1n) is 9.22. The molecule has 0 radical (unpaired) electrons. The van der Waals surface area contributed by atoms with Crippen LogP contribution in [-0.2, 0) is 4.74 Å². The van der Waals surface area contributed by atoms with Crippen LogP contribution >= 0.6 is 11.3 Å². The fourth-order valence-corrected chi connectivity index (χ4v) is 4.16. The highest BCUT2D eigenvalue weighted by atomic mass is 32.1. The van der Waals surface area contributed by atoms with Crippen molar-refractivity contribution in [3.05, 3.63) is 51.9 Å². The number of morpholine rings is 1. The fourth-order valence-electron chi connectivity index (χ4n) is 3.10. The summed E-state index contributed by atoms with van der Waals surface area (Å²) < 4.78 is 5.36. The summed E-state index contributed by atoms with van der Waals surface area (Å²) in [5.74, 6) is -0.337. The largest absolute Gasteiger partial charge is 0.370 e. The molecule has 3 rings (SSSR count). The second kappa shape index (κ2) is 9.12. The molecule has 1 aliphatic heterocycles. The monoisotopic (exact) mass is 388 g/mol. The van der Waals surface area contributed by atoms with Gasteiger partial charge in [-0.15, -0.1) is 11.3 Å². The summed E-state index contributed by atoms with van der Waals surface area (Å²) >= 11 is 1.44. The predicted octanol–water partition coefficient (Wildman–Crippen LogP) is 1.26. The molecule has 1 aromatic carbocycles. The molecule has 3 N–H and O–H groups in total. The summed E-state index contributed by atoms with van der Waals surface area (Å²) in [4.78, 5) is 27.7. The van der Waals surface area contributed by atoms with Crippen LogP contribution in [0.3, 0.4) is 0 Å². The third-order valence-corrected chi connectivity index (χ3v) is 5.96. The van der Waals surface area contributed by atoms with E-state index in [0.29, 0.717) is 22.7 Å². The van der Waals surface area contributed by atoms with Crippen LogP contribution in [0.5, 0.6) is 0 Å². The molecule has 2 amide bonds. The van der Waals surface area contributed by atoms with Gasteiger partial charge in [-0.1, -0.05) is 18.2 Å². The van der Waals surface area contributed by atoms with Crippen molar-refractivity contribution in [1.82, 2.24) is 5.32 Å². The van der Waals surface area contributed by atoms with Gasteiger partial charge in [-0.25, -0.2) is 0 Å². The summed E-state index contributed by atoms with van der Waals surface area (Å²) in [6, 6.07) is 9.02. The predicted molar refractivity (Wildman–Crippen MR) is 107 cm³/mol. The van der Waals surface area contributed by atoms with Gasteiger partial charge >= 0.3 is 0 Å². The van der Waals surface area contributed by atoms with Crippen molar-refractivity contribution < 1.29 is 19.2 Å². The van der Waals surface area contributed by atoms with Crippen molar-refractivity contribution in [2.24, 2.45) is 0 Å². The molecule has 0 atom stereocenters. The number of hydrogen-bond acceptors (Lipinski definition) is 4. The van der Waals surface area contributed by atoms with E-state index in [2.05, 4.69) is 10.6 Å². The first-order valence-corrected chi connectivity index (χ1v) is 10.0. The van der Waals surface area contributed by atoms with E-state index < -0.39 is 0 Å². The fraction of sp³-hybridized carbons (Fsp3) is 0.400. The zero-order chi connectivity index (χ0) is 19.2. The topological polar surface area (TPSA) is 71.9 Å². The number of thiophene rings is 1. The van der Waals surface area contributed by atoms with E-state index in [9.17, 15) is 9.59 Å².